The van der Waals surface area contributed by atoms with E-state index in [0.717, 1.165) is 34.5 Å². The van der Waals surface area contributed by atoms with Crippen LogP contribution in [0.5, 0.6) is 0 Å². The number of aromatic nitrogens is 3. The molecule has 1 fully saturated rings. The largest absolute Gasteiger partial charge is 0.427 e. The molecular weight excluding hydrogens is 529 g/mol. The van der Waals surface area contributed by atoms with Crippen molar-refractivity contribution in [3.63, 3.8) is 0 Å². The van der Waals surface area contributed by atoms with Gasteiger partial charge in [0.15, 0.2) is 5.65 Å². The number of anilines is 1. The first-order chi connectivity index (χ1) is 17.3. The quantitative estimate of drug-likeness (QED) is 0.362. The topological polar surface area (TPSA) is 75.8 Å². The average Bonchev–Trinajstić information content (AvgIpc) is 3.20. The van der Waals surface area contributed by atoms with Crippen LogP contribution in [0, 0.1) is 5.82 Å². The van der Waals surface area contributed by atoms with E-state index < -0.39 is 0 Å². The van der Waals surface area contributed by atoms with E-state index in [2.05, 4.69) is 25.8 Å². The second kappa shape index (κ2) is 10.0. The molecule has 1 unspecified atom stereocenters. The van der Waals surface area contributed by atoms with Crippen molar-refractivity contribution in [1.82, 2.24) is 19.2 Å². The van der Waals surface area contributed by atoms with E-state index in [1.807, 2.05) is 31.1 Å². The Hall–Kier alpha value is -3.21. The molecule has 0 amide bonds. The van der Waals surface area contributed by atoms with E-state index in [9.17, 15) is 14.4 Å². The summed E-state index contributed by atoms with van der Waals surface area (Å²) in [5.74, 6) is -0.351. The van der Waals surface area contributed by atoms with Crippen molar-refractivity contribution in [1.29, 1.82) is 0 Å². The summed E-state index contributed by atoms with van der Waals surface area (Å²) in [7, 11) is 3.86. The predicted molar refractivity (Wildman–Crippen MR) is 140 cm³/mol. The molecule has 4 heterocycles. The summed E-state index contributed by atoms with van der Waals surface area (Å²) in [6, 6.07) is 9.92. The minimum atomic E-state index is -0.351. The Morgan fingerprint density at radius 1 is 1.19 bits per heavy atom. The Morgan fingerprint density at radius 2 is 1.97 bits per heavy atom. The molecule has 8 nitrogen and oxygen atoms in total. The molecule has 188 valence electrons. The van der Waals surface area contributed by atoms with E-state index in [4.69, 9.17) is 4.74 Å². The standard InChI is InChI=1S/C26H27BrFN5O3/c1-30(2)16-24(18-3-4-23(28)22(27)11-18)32-6-5-17(12-25(32)34)21-15-33(35)26-20(21)13-19(14-29-26)31-7-9-36-10-8-31/h3-6,11-15,24,35H,7-10,16H2,1-2H3. The van der Waals surface area contributed by atoms with Crippen molar-refractivity contribution >= 4 is 32.7 Å². The lowest BCUT2D eigenvalue weighted by atomic mass is 10.0. The summed E-state index contributed by atoms with van der Waals surface area (Å²) in [4.78, 5) is 22.0. The van der Waals surface area contributed by atoms with E-state index >= 15 is 0 Å². The van der Waals surface area contributed by atoms with Crippen LogP contribution < -0.4 is 10.5 Å². The first kappa shape index (κ1) is 24.5. The van der Waals surface area contributed by atoms with Crippen LogP contribution in [-0.4, -0.2) is 71.3 Å². The van der Waals surface area contributed by atoms with Gasteiger partial charge >= 0.3 is 0 Å². The molecule has 1 aromatic carbocycles. The summed E-state index contributed by atoms with van der Waals surface area (Å²) in [6.45, 7) is 3.40. The predicted octanol–water partition coefficient (Wildman–Crippen LogP) is 3.99. The first-order valence-corrected chi connectivity index (χ1v) is 12.5. The highest BCUT2D eigenvalue weighted by atomic mass is 79.9. The fourth-order valence-corrected chi connectivity index (χ4v) is 5.04. The smallest absolute Gasteiger partial charge is 0.251 e. The number of hydrogen-bond acceptors (Lipinski definition) is 6. The zero-order valence-electron chi connectivity index (χ0n) is 20.1. The monoisotopic (exact) mass is 555 g/mol. The van der Waals surface area contributed by atoms with Gasteiger partial charge in [-0.15, -0.1) is 0 Å². The number of halogens is 2. The molecule has 0 spiro atoms. The van der Waals surface area contributed by atoms with Gasteiger partial charge in [-0.25, -0.2) is 9.37 Å². The van der Waals surface area contributed by atoms with Gasteiger partial charge < -0.3 is 24.3 Å². The molecule has 5 rings (SSSR count). The average molecular weight is 556 g/mol. The van der Waals surface area contributed by atoms with Gasteiger partial charge in [0.05, 0.1) is 41.8 Å². The minimum Gasteiger partial charge on any atom is -0.427 e. The Balaban J connectivity index is 1.55. The number of ether oxygens (including phenoxy) is 1. The van der Waals surface area contributed by atoms with Crippen LogP contribution in [0.1, 0.15) is 11.6 Å². The number of fused-ring (bicyclic) bond motifs is 1. The van der Waals surface area contributed by atoms with Crippen molar-refractivity contribution in [2.75, 3.05) is 51.8 Å². The Bertz CT molecular complexity index is 1460. The second-order valence-electron chi connectivity index (χ2n) is 9.16. The molecule has 0 aliphatic carbocycles. The molecule has 0 radical (unpaired) electrons. The maximum Gasteiger partial charge on any atom is 0.251 e. The SMILES string of the molecule is CN(C)CC(c1ccc(F)c(Br)c1)n1ccc(-c2cn(O)c3ncc(N4CCOCC4)cc23)cc1=O. The summed E-state index contributed by atoms with van der Waals surface area (Å²) < 4.78 is 22.3. The van der Waals surface area contributed by atoms with Crippen molar-refractivity contribution in [2.24, 2.45) is 0 Å². The van der Waals surface area contributed by atoms with Crippen LogP contribution in [0.15, 0.2) is 64.3 Å². The van der Waals surface area contributed by atoms with Crippen LogP contribution in [-0.2, 0) is 4.74 Å². The highest BCUT2D eigenvalue weighted by Crippen LogP contribution is 2.32. The molecule has 1 N–H and O–H groups in total. The lowest BCUT2D eigenvalue weighted by molar-refractivity contribution is 0.122. The van der Waals surface area contributed by atoms with E-state index in [1.165, 1.54) is 6.07 Å². The van der Waals surface area contributed by atoms with Crippen LogP contribution in [0.3, 0.4) is 0 Å². The van der Waals surface area contributed by atoms with Gasteiger partial charge in [0.2, 0.25) is 0 Å². The fourth-order valence-electron chi connectivity index (χ4n) is 4.64. The van der Waals surface area contributed by atoms with Crippen LogP contribution in [0.2, 0.25) is 0 Å². The second-order valence-corrected chi connectivity index (χ2v) is 10.0. The van der Waals surface area contributed by atoms with Crippen LogP contribution in [0.25, 0.3) is 22.2 Å². The Kier molecular flexibility index (Phi) is 6.83. The third-order valence-electron chi connectivity index (χ3n) is 6.45. The number of hydrogen-bond donors (Lipinski definition) is 1. The molecule has 1 saturated heterocycles. The third-order valence-corrected chi connectivity index (χ3v) is 7.06. The maximum atomic E-state index is 13.9. The third kappa shape index (κ3) is 4.76. The van der Waals surface area contributed by atoms with Crippen molar-refractivity contribution in [3.05, 3.63) is 81.2 Å². The molecule has 4 aromatic rings. The fraction of sp³-hybridized carbons (Fsp3) is 0.308. The highest BCUT2D eigenvalue weighted by molar-refractivity contribution is 9.10. The van der Waals surface area contributed by atoms with Crippen molar-refractivity contribution in [2.45, 2.75) is 6.04 Å². The number of benzene rings is 1. The van der Waals surface area contributed by atoms with Crippen LogP contribution in [0.4, 0.5) is 10.1 Å². The van der Waals surface area contributed by atoms with Gasteiger partial charge in [0, 0.05) is 42.8 Å². The number of rotatable bonds is 6. The number of nitrogens with zero attached hydrogens (tertiary/aromatic N) is 5. The van der Waals surface area contributed by atoms with Gasteiger partial charge in [-0.05, 0) is 65.4 Å². The van der Waals surface area contributed by atoms with Gasteiger partial charge in [0.25, 0.3) is 5.56 Å². The summed E-state index contributed by atoms with van der Waals surface area (Å²) in [5.41, 5.74) is 3.38. The molecule has 0 bridgehead atoms. The maximum absolute atomic E-state index is 13.9. The van der Waals surface area contributed by atoms with Gasteiger partial charge in [-0.2, -0.15) is 4.73 Å². The summed E-state index contributed by atoms with van der Waals surface area (Å²) in [6.07, 6.45) is 5.08. The van der Waals surface area contributed by atoms with Gasteiger partial charge in [-0.3, -0.25) is 4.79 Å². The molecule has 10 heteroatoms. The van der Waals surface area contributed by atoms with Crippen LogP contribution >= 0.6 is 15.9 Å². The Labute approximate surface area is 216 Å². The van der Waals surface area contributed by atoms with E-state index in [1.54, 1.807) is 41.4 Å². The molecule has 3 aromatic heterocycles. The van der Waals surface area contributed by atoms with Crippen molar-refractivity contribution in [3.8, 4) is 11.1 Å². The molecular formula is C26H27BrFN5O3. The number of morpholine rings is 1. The van der Waals surface area contributed by atoms with Crippen molar-refractivity contribution < 1.29 is 14.3 Å². The molecule has 36 heavy (non-hydrogen) atoms. The number of pyridine rings is 2. The zero-order valence-corrected chi connectivity index (χ0v) is 21.7. The van der Waals surface area contributed by atoms with Gasteiger partial charge in [0.1, 0.15) is 5.82 Å². The van der Waals surface area contributed by atoms with E-state index in [0.29, 0.717) is 41.0 Å². The molecule has 1 aliphatic rings. The van der Waals surface area contributed by atoms with E-state index in [-0.39, 0.29) is 17.4 Å². The number of likely N-dealkylation sites (N-methyl/N-ethyl adjacent to an activating group) is 1. The highest BCUT2D eigenvalue weighted by Gasteiger charge is 2.20. The molecule has 1 aliphatic heterocycles. The normalized spacial score (nSPS) is 15.1. The Morgan fingerprint density at radius 3 is 2.67 bits per heavy atom. The molecule has 1 atom stereocenters. The summed E-state index contributed by atoms with van der Waals surface area (Å²) >= 11 is 3.26. The molecule has 0 saturated carbocycles. The minimum absolute atomic E-state index is 0.198. The first-order valence-electron chi connectivity index (χ1n) is 11.7. The zero-order chi connectivity index (χ0) is 25.4. The lowest BCUT2D eigenvalue weighted by Crippen LogP contribution is -2.36. The lowest BCUT2D eigenvalue weighted by Gasteiger charge is -2.28. The summed E-state index contributed by atoms with van der Waals surface area (Å²) in [5, 5.41) is 11.2. The van der Waals surface area contributed by atoms with Gasteiger partial charge in [-0.1, -0.05) is 6.07 Å².